The molecule has 7 nitrogen and oxygen atoms in total. The second-order valence-corrected chi connectivity index (χ2v) is 7.36. The predicted molar refractivity (Wildman–Crippen MR) is 108 cm³/mol. The number of ether oxygens (including phenoxy) is 2. The first-order chi connectivity index (χ1) is 14.4. The van der Waals surface area contributed by atoms with Gasteiger partial charge in [0, 0.05) is 6.20 Å². The number of aliphatic hydroxyl groups is 2. The minimum absolute atomic E-state index is 0.437. The van der Waals surface area contributed by atoms with Crippen LogP contribution in [-0.2, 0) is 4.74 Å². The van der Waals surface area contributed by atoms with E-state index in [4.69, 9.17) is 9.47 Å². The molecule has 1 aromatic carbocycles. The Bertz CT molecular complexity index is 1150. The molecule has 1 fully saturated rings. The number of aryl methyl sites for hydroxylation is 1. The summed E-state index contributed by atoms with van der Waals surface area (Å²) in [4.78, 5) is 8.54. The number of hydrogen-bond donors (Lipinski definition) is 2. The van der Waals surface area contributed by atoms with Crippen molar-refractivity contribution in [1.29, 1.82) is 0 Å². The van der Waals surface area contributed by atoms with Crippen molar-refractivity contribution in [2.24, 2.45) is 0 Å². The fraction of sp³-hybridized carbons (Fsp3) is 0.364. The number of para-hydroxylation sites is 1. The molecule has 0 amide bonds. The van der Waals surface area contributed by atoms with Crippen LogP contribution in [0, 0.1) is 18.8 Å². The van der Waals surface area contributed by atoms with Gasteiger partial charge in [0.05, 0.1) is 35.9 Å². The molecular formula is C22H22FN3O4. The largest absolute Gasteiger partial charge is 0.495 e. The fourth-order valence-electron chi connectivity index (χ4n) is 3.76. The average Bonchev–Trinajstić information content (AvgIpc) is 3.22. The van der Waals surface area contributed by atoms with Gasteiger partial charge < -0.3 is 24.3 Å². The summed E-state index contributed by atoms with van der Waals surface area (Å²) in [6.07, 6.45) is -0.660. The summed E-state index contributed by atoms with van der Waals surface area (Å²) >= 11 is 0. The molecule has 1 saturated heterocycles. The molecular weight excluding hydrogens is 389 g/mol. The molecule has 3 heterocycles. The third-order valence-corrected chi connectivity index (χ3v) is 5.39. The molecule has 2 N–H and O–H groups in total. The van der Waals surface area contributed by atoms with Gasteiger partial charge >= 0.3 is 0 Å². The van der Waals surface area contributed by atoms with Crippen LogP contribution in [0.4, 0.5) is 4.39 Å². The Morgan fingerprint density at radius 3 is 2.70 bits per heavy atom. The van der Waals surface area contributed by atoms with E-state index in [9.17, 15) is 10.2 Å². The molecule has 0 radical (unpaired) electrons. The van der Waals surface area contributed by atoms with Crippen LogP contribution >= 0.6 is 0 Å². The SMILES string of the molecule is COc1ccccc1C#Cc1cn([C@@H]2O[C@H](CO)[C@@H](O)[C@@]2(C)F)c2ncnc(C)c12. The van der Waals surface area contributed by atoms with Gasteiger partial charge in [0.1, 0.15) is 29.9 Å². The molecule has 1 aliphatic heterocycles. The van der Waals surface area contributed by atoms with Crippen molar-refractivity contribution in [1.82, 2.24) is 14.5 Å². The number of alkyl halides is 1. The molecule has 8 heteroatoms. The lowest BCUT2D eigenvalue weighted by Crippen LogP contribution is -2.40. The van der Waals surface area contributed by atoms with Crippen LogP contribution in [0.1, 0.15) is 30.0 Å². The molecule has 0 saturated carbocycles. The van der Waals surface area contributed by atoms with E-state index in [0.29, 0.717) is 33.6 Å². The maximum absolute atomic E-state index is 15.4. The first kappa shape index (κ1) is 20.3. The third kappa shape index (κ3) is 3.21. The second kappa shape index (κ2) is 7.69. The molecule has 4 rings (SSSR count). The van der Waals surface area contributed by atoms with Crippen LogP contribution < -0.4 is 4.74 Å². The Morgan fingerprint density at radius 2 is 2.00 bits per heavy atom. The van der Waals surface area contributed by atoms with E-state index in [1.54, 1.807) is 13.3 Å². The number of benzene rings is 1. The van der Waals surface area contributed by atoms with Crippen molar-refractivity contribution in [2.75, 3.05) is 13.7 Å². The zero-order chi connectivity index (χ0) is 21.5. The Kier molecular flexibility index (Phi) is 5.20. The zero-order valence-electron chi connectivity index (χ0n) is 16.8. The van der Waals surface area contributed by atoms with Gasteiger partial charge in [-0.25, -0.2) is 14.4 Å². The van der Waals surface area contributed by atoms with Crippen LogP contribution in [0.15, 0.2) is 36.8 Å². The van der Waals surface area contributed by atoms with E-state index >= 15 is 4.39 Å². The van der Waals surface area contributed by atoms with Crippen molar-refractivity contribution < 1.29 is 24.1 Å². The minimum atomic E-state index is -2.13. The molecule has 1 aliphatic rings. The van der Waals surface area contributed by atoms with E-state index in [1.807, 2.05) is 31.2 Å². The van der Waals surface area contributed by atoms with Crippen LogP contribution in [-0.4, -0.2) is 56.3 Å². The summed E-state index contributed by atoms with van der Waals surface area (Å²) in [6, 6.07) is 7.38. The number of rotatable bonds is 3. The van der Waals surface area contributed by atoms with E-state index < -0.39 is 30.7 Å². The van der Waals surface area contributed by atoms with E-state index in [0.717, 1.165) is 0 Å². The van der Waals surface area contributed by atoms with Gasteiger partial charge in [-0.1, -0.05) is 24.0 Å². The second-order valence-electron chi connectivity index (χ2n) is 7.36. The Hall–Kier alpha value is -2.99. The molecule has 156 valence electrons. The first-order valence-electron chi connectivity index (χ1n) is 9.49. The smallest absolute Gasteiger partial charge is 0.181 e. The lowest BCUT2D eigenvalue weighted by Gasteiger charge is -2.25. The minimum Gasteiger partial charge on any atom is -0.495 e. The van der Waals surface area contributed by atoms with Gasteiger partial charge in [0.2, 0.25) is 0 Å². The monoisotopic (exact) mass is 411 g/mol. The summed E-state index contributed by atoms with van der Waals surface area (Å²) in [7, 11) is 1.58. The number of aliphatic hydroxyl groups excluding tert-OH is 2. The summed E-state index contributed by atoms with van der Waals surface area (Å²) in [5.74, 6) is 6.84. The molecule has 30 heavy (non-hydrogen) atoms. The highest BCUT2D eigenvalue weighted by Crippen LogP contribution is 2.43. The lowest BCUT2D eigenvalue weighted by molar-refractivity contribution is -0.0564. The average molecular weight is 411 g/mol. The predicted octanol–water partition coefficient (Wildman–Crippen LogP) is 2.13. The summed E-state index contributed by atoms with van der Waals surface area (Å²) < 4.78 is 27.9. The molecule has 3 aromatic rings. The van der Waals surface area contributed by atoms with Gasteiger partial charge in [-0.05, 0) is 26.0 Å². The van der Waals surface area contributed by atoms with Crippen molar-refractivity contribution in [3.05, 3.63) is 53.6 Å². The van der Waals surface area contributed by atoms with Crippen LogP contribution in [0.25, 0.3) is 11.0 Å². The van der Waals surface area contributed by atoms with Crippen molar-refractivity contribution in [3.8, 4) is 17.6 Å². The van der Waals surface area contributed by atoms with Gasteiger partial charge in [-0.3, -0.25) is 0 Å². The molecule has 0 aliphatic carbocycles. The standard InChI is InChI=1S/C22H22FN3O4/c1-13-18-15(9-8-14-6-4-5-7-16(14)29-3)10-26(20(18)25-12-24-13)21-22(2,23)19(28)17(11-27)30-21/h4-7,10,12,17,19,21,27-28H,11H2,1-3H3/t17-,19-,21-,22-/m1/s1. The Labute approximate surface area is 173 Å². The number of nitrogens with zero attached hydrogens (tertiary/aromatic N) is 3. The van der Waals surface area contributed by atoms with Crippen LogP contribution in [0.2, 0.25) is 0 Å². The topological polar surface area (TPSA) is 89.6 Å². The third-order valence-electron chi connectivity index (χ3n) is 5.39. The van der Waals surface area contributed by atoms with Gasteiger partial charge in [-0.2, -0.15) is 0 Å². The zero-order valence-corrected chi connectivity index (χ0v) is 16.8. The fourth-order valence-corrected chi connectivity index (χ4v) is 3.76. The van der Waals surface area contributed by atoms with Crippen molar-refractivity contribution >= 4 is 11.0 Å². The molecule has 0 spiro atoms. The van der Waals surface area contributed by atoms with Crippen LogP contribution in [0.5, 0.6) is 5.75 Å². The lowest BCUT2D eigenvalue weighted by atomic mass is 9.98. The molecule has 0 bridgehead atoms. The Balaban J connectivity index is 1.86. The molecule has 4 atom stereocenters. The van der Waals surface area contributed by atoms with Gasteiger partial charge in [-0.15, -0.1) is 0 Å². The molecule has 2 aromatic heterocycles. The Morgan fingerprint density at radius 1 is 1.27 bits per heavy atom. The van der Waals surface area contributed by atoms with E-state index in [1.165, 1.54) is 17.8 Å². The van der Waals surface area contributed by atoms with Gasteiger partial charge in [0.25, 0.3) is 0 Å². The number of hydrogen-bond acceptors (Lipinski definition) is 6. The van der Waals surface area contributed by atoms with Crippen molar-refractivity contribution in [2.45, 2.75) is 38.0 Å². The normalized spacial score (nSPS) is 25.9. The number of methoxy groups -OCH3 is 1. The van der Waals surface area contributed by atoms with E-state index in [-0.39, 0.29) is 0 Å². The van der Waals surface area contributed by atoms with Crippen molar-refractivity contribution in [3.63, 3.8) is 0 Å². The summed E-state index contributed by atoms with van der Waals surface area (Å²) in [5.41, 5.74) is 0.285. The maximum atomic E-state index is 15.4. The molecule has 0 unspecified atom stereocenters. The first-order valence-corrected chi connectivity index (χ1v) is 9.49. The number of halogens is 1. The van der Waals surface area contributed by atoms with Gasteiger partial charge in [0.15, 0.2) is 11.9 Å². The summed E-state index contributed by atoms with van der Waals surface area (Å²) in [5, 5.41) is 20.3. The quantitative estimate of drug-likeness (QED) is 0.642. The highest BCUT2D eigenvalue weighted by Gasteiger charge is 2.55. The number of fused-ring (bicyclic) bond motifs is 1. The van der Waals surface area contributed by atoms with E-state index in [2.05, 4.69) is 21.8 Å². The van der Waals surface area contributed by atoms with Crippen LogP contribution in [0.3, 0.4) is 0 Å². The maximum Gasteiger partial charge on any atom is 0.181 e. The number of aromatic nitrogens is 3. The highest BCUT2D eigenvalue weighted by molar-refractivity contribution is 5.86. The highest BCUT2D eigenvalue weighted by atomic mass is 19.1. The summed E-state index contributed by atoms with van der Waals surface area (Å²) in [6.45, 7) is 2.57.